The summed E-state index contributed by atoms with van der Waals surface area (Å²) in [7, 11) is 0. The Balaban J connectivity index is 2.71. The molecule has 1 heterocycles. The van der Waals surface area contributed by atoms with E-state index in [-0.39, 0.29) is 0 Å². The van der Waals surface area contributed by atoms with Crippen molar-refractivity contribution in [1.82, 2.24) is 4.98 Å². The molecule has 0 fully saturated rings. The van der Waals surface area contributed by atoms with Crippen molar-refractivity contribution >= 4 is 17.7 Å². The Hall–Kier alpha value is -1.03. The van der Waals surface area contributed by atoms with Crippen molar-refractivity contribution in [2.24, 2.45) is 0 Å². The molecule has 0 amide bonds. The third-order valence-electron chi connectivity index (χ3n) is 2.76. The molecular weight excluding hydrogens is 246 g/mol. The van der Waals surface area contributed by atoms with Crippen molar-refractivity contribution in [3.8, 4) is 0 Å². The fourth-order valence-electron chi connectivity index (χ4n) is 1.86. The number of hydrogen-bond donors (Lipinski definition) is 1. The summed E-state index contributed by atoms with van der Waals surface area (Å²) in [6.45, 7) is 5.92. The first-order chi connectivity index (χ1) is 8.56. The zero-order chi connectivity index (χ0) is 13.5. The Morgan fingerprint density at radius 1 is 1.33 bits per heavy atom. The van der Waals surface area contributed by atoms with E-state index in [4.69, 9.17) is 0 Å². The quantitative estimate of drug-likeness (QED) is 0.597. The minimum Gasteiger partial charge on any atom is -0.478 e. The molecule has 0 aliphatic rings. The third kappa shape index (κ3) is 4.33. The maximum absolute atomic E-state index is 11.2. The predicted molar refractivity (Wildman–Crippen MR) is 75.5 cm³/mol. The van der Waals surface area contributed by atoms with Crippen LogP contribution in [0.15, 0.2) is 11.1 Å². The normalized spacial score (nSPS) is 10.6. The number of pyridine rings is 1. The second kappa shape index (κ2) is 7.41. The lowest BCUT2D eigenvalue weighted by Gasteiger charge is -2.09. The summed E-state index contributed by atoms with van der Waals surface area (Å²) in [5.41, 5.74) is 2.04. The summed E-state index contributed by atoms with van der Waals surface area (Å²) in [6.07, 6.45) is 4.78. The van der Waals surface area contributed by atoms with Gasteiger partial charge in [-0.2, -0.15) is 0 Å². The van der Waals surface area contributed by atoms with Crippen LogP contribution < -0.4 is 0 Å². The number of aryl methyl sites for hydroxylation is 2. The largest absolute Gasteiger partial charge is 0.478 e. The average molecular weight is 267 g/mol. The molecule has 0 radical (unpaired) electrons. The van der Waals surface area contributed by atoms with Crippen LogP contribution in [0, 0.1) is 13.8 Å². The third-order valence-corrected chi connectivity index (χ3v) is 3.82. The molecule has 0 spiro atoms. The van der Waals surface area contributed by atoms with E-state index >= 15 is 0 Å². The first-order valence-electron chi connectivity index (χ1n) is 6.40. The predicted octanol–water partition coefficient (Wildman–Crippen LogP) is 4.07. The van der Waals surface area contributed by atoms with E-state index in [1.165, 1.54) is 19.3 Å². The van der Waals surface area contributed by atoms with Gasteiger partial charge in [-0.1, -0.05) is 26.2 Å². The van der Waals surface area contributed by atoms with Crippen molar-refractivity contribution in [3.63, 3.8) is 0 Å². The lowest BCUT2D eigenvalue weighted by atomic mass is 10.1. The first-order valence-corrected chi connectivity index (χ1v) is 7.39. The Morgan fingerprint density at radius 2 is 2.06 bits per heavy atom. The molecule has 1 rings (SSSR count). The van der Waals surface area contributed by atoms with Crippen LogP contribution in [-0.4, -0.2) is 21.8 Å². The topological polar surface area (TPSA) is 50.2 Å². The van der Waals surface area contributed by atoms with Gasteiger partial charge >= 0.3 is 5.97 Å². The van der Waals surface area contributed by atoms with Gasteiger partial charge in [-0.05, 0) is 37.7 Å². The molecular formula is C14H21NO2S. The Labute approximate surface area is 113 Å². The molecule has 100 valence electrons. The zero-order valence-corrected chi connectivity index (χ0v) is 12.1. The molecule has 1 aromatic rings. The maximum atomic E-state index is 11.2. The molecule has 0 bridgehead atoms. The van der Waals surface area contributed by atoms with E-state index < -0.39 is 5.97 Å². The van der Waals surface area contributed by atoms with Crippen LogP contribution in [0.2, 0.25) is 0 Å². The van der Waals surface area contributed by atoms with Crippen molar-refractivity contribution in [3.05, 3.63) is 22.9 Å². The molecule has 0 aliphatic carbocycles. The molecule has 0 atom stereocenters. The highest BCUT2D eigenvalue weighted by atomic mass is 32.2. The second-order valence-corrected chi connectivity index (χ2v) is 5.56. The van der Waals surface area contributed by atoms with Crippen LogP contribution in [0.5, 0.6) is 0 Å². The number of carbonyl (C=O) groups is 1. The zero-order valence-electron chi connectivity index (χ0n) is 11.3. The van der Waals surface area contributed by atoms with Gasteiger partial charge in [-0.15, -0.1) is 11.8 Å². The number of hydrogen-bond acceptors (Lipinski definition) is 3. The van der Waals surface area contributed by atoms with Gasteiger partial charge < -0.3 is 5.11 Å². The van der Waals surface area contributed by atoms with Crippen LogP contribution in [-0.2, 0) is 0 Å². The smallest absolute Gasteiger partial charge is 0.338 e. The highest BCUT2D eigenvalue weighted by Crippen LogP contribution is 2.25. The number of aromatic nitrogens is 1. The molecule has 4 heteroatoms. The van der Waals surface area contributed by atoms with Crippen LogP contribution >= 0.6 is 11.8 Å². The standard InChI is InChI=1S/C14H21NO2S/c1-4-5-6-7-8-18-13-12(14(16)17)10(2)9-11(3)15-13/h9H,4-8H2,1-3H3,(H,16,17). The summed E-state index contributed by atoms with van der Waals surface area (Å²) < 4.78 is 0. The fraction of sp³-hybridized carbons (Fsp3) is 0.571. The summed E-state index contributed by atoms with van der Waals surface area (Å²) in [5.74, 6) is 0.0620. The van der Waals surface area contributed by atoms with Crippen molar-refractivity contribution < 1.29 is 9.90 Å². The van der Waals surface area contributed by atoms with Gasteiger partial charge in [0.25, 0.3) is 0 Å². The minimum absolute atomic E-state index is 0.362. The number of carboxylic acids is 1. The van der Waals surface area contributed by atoms with E-state index in [0.29, 0.717) is 10.6 Å². The Bertz CT molecular complexity index is 419. The summed E-state index contributed by atoms with van der Waals surface area (Å²) in [5, 5.41) is 9.89. The van der Waals surface area contributed by atoms with Gasteiger partial charge in [-0.25, -0.2) is 9.78 Å². The molecule has 0 saturated heterocycles. The second-order valence-electron chi connectivity index (χ2n) is 4.47. The van der Waals surface area contributed by atoms with E-state index in [9.17, 15) is 9.90 Å². The van der Waals surface area contributed by atoms with Gasteiger partial charge in [-0.3, -0.25) is 0 Å². The molecule has 1 aromatic heterocycles. The SMILES string of the molecule is CCCCCCSc1nc(C)cc(C)c1C(=O)O. The lowest BCUT2D eigenvalue weighted by molar-refractivity contribution is 0.0691. The van der Waals surface area contributed by atoms with Gasteiger partial charge in [0.2, 0.25) is 0 Å². The maximum Gasteiger partial charge on any atom is 0.338 e. The van der Waals surface area contributed by atoms with Gasteiger partial charge in [0.05, 0.1) is 5.56 Å². The minimum atomic E-state index is -0.879. The first kappa shape index (κ1) is 15.0. The van der Waals surface area contributed by atoms with E-state index in [2.05, 4.69) is 11.9 Å². The summed E-state index contributed by atoms with van der Waals surface area (Å²) in [6, 6.07) is 1.82. The average Bonchev–Trinajstić information content (AvgIpc) is 2.27. The highest BCUT2D eigenvalue weighted by molar-refractivity contribution is 7.99. The molecule has 0 saturated carbocycles. The number of carboxylic acid groups (broad SMARTS) is 1. The number of nitrogens with zero attached hydrogens (tertiary/aromatic N) is 1. The molecule has 0 aromatic carbocycles. The summed E-state index contributed by atoms with van der Waals surface area (Å²) in [4.78, 5) is 15.6. The monoisotopic (exact) mass is 267 g/mol. The fourth-order valence-corrected chi connectivity index (χ4v) is 3.01. The molecule has 0 unspecified atom stereocenters. The van der Waals surface area contributed by atoms with Gasteiger partial charge in [0.15, 0.2) is 0 Å². The van der Waals surface area contributed by atoms with Crippen LogP contribution in [0.1, 0.15) is 54.2 Å². The highest BCUT2D eigenvalue weighted by Gasteiger charge is 2.15. The van der Waals surface area contributed by atoms with E-state index in [1.54, 1.807) is 11.8 Å². The molecule has 1 N–H and O–H groups in total. The number of rotatable bonds is 7. The van der Waals surface area contributed by atoms with Gasteiger partial charge in [0.1, 0.15) is 5.03 Å². The van der Waals surface area contributed by atoms with Crippen molar-refractivity contribution in [1.29, 1.82) is 0 Å². The Kier molecular flexibility index (Phi) is 6.19. The molecule has 18 heavy (non-hydrogen) atoms. The van der Waals surface area contributed by atoms with Crippen molar-refractivity contribution in [2.75, 3.05) is 5.75 Å². The van der Waals surface area contributed by atoms with Gasteiger partial charge in [0, 0.05) is 5.69 Å². The number of aromatic carboxylic acids is 1. The number of thioether (sulfide) groups is 1. The van der Waals surface area contributed by atoms with E-state index in [0.717, 1.165) is 23.4 Å². The van der Waals surface area contributed by atoms with Crippen LogP contribution in [0.3, 0.4) is 0 Å². The van der Waals surface area contributed by atoms with Crippen LogP contribution in [0.25, 0.3) is 0 Å². The Morgan fingerprint density at radius 3 is 2.67 bits per heavy atom. The molecule has 0 aliphatic heterocycles. The van der Waals surface area contributed by atoms with Crippen molar-refractivity contribution in [2.45, 2.75) is 51.5 Å². The van der Waals surface area contributed by atoms with Crippen LogP contribution in [0.4, 0.5) is 0 Å². The summed E-state index contributed by atoms with van der Waals surface area (Å²) >= 11 is 1.56. The van der Waals surface area contributed by atoms with E-state index in [1.807, 2.05) is 19.9 Å². The number of unbranched alkanes of at least 4 members (excludes halogenated alkanes) is 3. The lowest BCUT2D eigenvalue weighted by Crippen LogP contribution is -2.05. The molecule has 3 nitrogen and oxygen atoms in total.